The number of hydrogen-bond donors (Lipinski definition) is 1. The van der Waals surface area contributed by atoms with Crippen LogP contribution in [0.25, 0.3) is 0 Å². The number of piperidine rings is 1. The second-order valence-corrected chi connectivity index (χ2v) is 6.25. The van der Waals surface area contributed by atoms with Crippen molar-refractivity contribution in [2.75, 3.05) is 32.1 Å². The largest absolute Gasteiger partial charge is 0.314 e. The molecule has 1 heterocycles. The van der Waals surface area contributed by atoms with Gasteiger partial charge in [-0.25, -0.2) is 0 Å². The first-order valence-corrected chi connectivity index (χ1v) is 7.97. The molecular formula is C13H28N2S. The van der Waals surface area contributed by atoms with Crippen LogP contribution in [0.1, 0.15) is 33.1 Å². The zero-order valence-corrected chi connectivity index (χ0v) is 12.1. The third-order valence-corrected chi connectivity index (χ3v) is 4.49. The van der Waals surface area contributed by atoms with Crippen molar-refractivity contribution in [2.24, 2.45) is 5.92 Å². The van der Waals surface area contributed by atoms with Crippen LogP contribution in [0.5, 0.6) is 0 Å². The van der Waals surface area contributed by atoms with Gasteiger partial charge in [-0.1, -0.05) is 6.92 Å². The molecule has 1 aliphatic heterocycles. The zero-order chi connectivity index (χ0) is 12.0. The summed E-state index contributed by atoms with van der Waals surface area (Å²) in [6.07, 6.45) is 6.17. The van der Waals surface area contributed by atoms with Crippen LogP contribution in [0, 0.1) is 5.92 Å². The molecule has 0 aromatic carbocycles. The van der Waals surface area contributed by atoms with Crippen molar-refractivity contribution >= 4 is 11.8 Å². The molecule has 3 atom stereocenters. The predicted molar refractivity (Wildman–Crippen MR) is 75.3 cm³/mol. The van der Waals surface area contributed by atoms with Crippen molar-refractivity contribution in [3.63, 3.8) is 0 Å². The lowest BCUT2D eigenvalue weighted by Gasteiger charge is -2.40. The van der Waals surface area contributed by atoms with Crippen LogP contribution in [0.3, 0.4) is 0 Å². The number of likely N-dealkylation sites (tertiary alicyclic amines) is 1. The topological polar surface area (TPSA) is 15.3 Å². The molecule has 0 radical (unpaired) electrons. The van der Waals surface area contributed by atoms with Gasteiger partial charge in [-0.05, 0) is 57.7 Å². The summed E-state index contributed by atoms with van der Waals surface area (Å²) in [6.45, 7) is 7.16. The maximum atomic E-state index is 3.75. The predicted octanol–water partition coefficient (Wildman–Crippen LogP) is 2.45. The Hall–Kier alpha value is 0.270. The standard InChI is InChI=1S/C13H28N2S/c1-11-10-15(3)12(2)9-13(11)14-7-5-6-8-16-4/h11-14H,5-10H2,1-4H3. The summed E-state index contributed by atoms with van der Waals surface area (Å²) < 4.78 is 0. The number of thioether (sulfide) groups is 1. The van der Waals surface area contributed by atoms with E-state index in [1.807, 2.05) is 11.8 Å². The van der Waals surface area contributed by atoms with Gasteiger partial charge in [0.25, 0.3) is 0 Å². The molecule has 3 unspecified atom stereocenters. The van der Waals surface area contributed by atoms with Crippen molar-refractivity contribution in [3.8, 4) is 0 Å². The summed E-state index contributed by atoms with van der Waals surface area (Å²) in [6, 6.07) is 1.47. The Morgan fingerprint density at radius 2 is 2.06 bits per heavy atom. The molecular weight excluding hydrogens is 216 g/mol. The summed E-state index contributed by atoms with van der Waals surface area (Å²) >= 11 is 1.95. The fraction of sp³-hybridized carbons (Fsp3) is 1.00. The van der Waals surface area contributed by atoms with Crippen molar-refractivity contribution in [3.05, 3.63) is 0 Å². The van der Waals surface area contributed by atoms with Crippen LogP contribution in [-0.4, -0.2) is 49.1 Å². The van der Waals surface area contributed by atoms with Crippen LogP contribution < -0.4 is 5.32 Å². The van der Waals surface area contributed by atoms with E-state index in [0.717, 1.165) is 18.0 Å². The molecule has 0 aliphatic carbocycles. The molecule has 1 aliphatic rings. The fourth-order valence-electron chi connectivity index (χ4n) is 2.48. The van der Waals surface area contributed by atoms with Crippen LogP contribution in [0.2, 0.25) is 0 Å². The number of rotatable bonds is 6. The average molecular weight is 244 g/mol. The van der Waals surface area contributed by atoms with Crippen molar-refractivity contribution in [1.82, 2.24) is 10.2 Å². The van der Waals surface area contributed by atoms with Crippen LogP contribution >= 0.6 is 11.8 Å². The molecule has 3 heteroatoms. The lowest BCUT2D eigenvalue weighted by Crippen LogP contribution is -2.51. The number of nitrogens with zero attached hydrogens (tertiary/aromatic N) is 1. The van der Waals surface area contributed by atoms with Gasteiger partial charge in [-0.3, -0.25) is 0 Å². The van der Waals surface area contributed by atoms with Gasteiger partial charge in [0.1, 0.15) is 0 Å². The van der Waals surface area contributed by atoms with E-state index in [4.69, 9.17) is 0 Å². The lowest BCUT2D eigenvalue weighted by molar-refractivity contribution is 0.122. The van der Waals surface area contributed by atoms with Gasteiger partial charge < -0.3 is 10.2 Å². The third kappa shape index (κ3) is 4.64. The molecule has 96 valence electrons. The van der Waals surface area contributed by atoms with Gasteiger partial charge >= 0.3 is 0 Å². The molecule has 16 heavy (non-hydrogen) atoms. The molecule has 1 N–H and O–H groups in total. The lowest BCUT2D eigenvalue weighted by atomic mass is 9.90. The van der Waals surface area contributed by atoms with Crippen molar-refractivity contribution in [1.29, 1.82) is 0 Å². The summed E-state index contributed by atoms with van der Waals surface area (Å²) in [7, 11) is 2.25. The Kier molecular flexibility index (Phi) is 6.78. The molecule has 0 spiro atoms. The van der Waals surface area contributed by atoms with Gasteiger partial charge in [-0.15, -0.1) is 0 Å². The average Bonchev–Trinajstić information content (AvgIpc) is 2.25. The number of nitrogens with one attached hydrogen (secondary N) is 1. The minimum Gasteiger partial charge on any atom is -0.314 e. The van der Waals surface area contributed by atoms with Crippen molar-refractivity contribution < 1.29 is 0 Å². The van der Waals surface area contributed by atoms with Crippen LogP contribution in [0.4, 0.5) is 0 Å². The van der Waals surface area contributed by atoms with E-state index in [2.05, 4.69) is 37.4 Å². The smallest absolute Gasteiger partial charge is 0.0120 e. The Morgan fingerprint density at radius 3 is 2.75 bits per heavy atom. The highest BCUT2D eigenvalue weighted by atomic mass is 32.2. The molecule has 0 saturated carbocycles. The van der Waals surface area contributed by atoms with Gasteiger partial charge in [0.2, 0.25) is 0 Å². The number of hydrogen-bond acceptors (Lipinski definition) is 3. The highest BCUT2D eigenvalue weighted by Gasteiger charge is 2.27. The second kappa shape index (κ2) is 7.57. The normalized spacial score (nSPS) is 31.9. The summed E-state index contributed by atoms with van der Waals surface area (Å²) in [5.41, 5.74) is 0. The molecule has 1 fully saturated rings. The number of unbranched alkanes of at least 4 members (excludes halogenated alkanes) is 1. The van der Waals surface area contributed by atoms with Gasteiger partial charge in [0, 0.05) is 18.6 Å². The molecule has 0 amide bonds. The highest BCUT2D eigenvalue weighted by Crippen LogP contribution is 2.20. The molecule has 0 bridgehead atoms. The summed E-state index contributed by atoms with van der Waals surface area (Å²) in [5, 5.41) is 3.75. The second-order valence-electron chi connectivity index (χ2n) is 5.26. The van der Waals surface area contributed by atoms with Crippen LogP contribution in [-0.2, 0) is 0 Å². The third-order valence-electron chi connectivity index (χ3n) is 3.79. The van der Waals surface area contributed by atoms with Gasteiger partial charge in [0.15, 0.2) is 0 Å². The van der Waals surface area contributed by atoms with E-state index in [1.54, 1.807) is 0 Å². The molecule has 1 saturated heterocycles. The first-order valence-electron chi connectivity index (χ1n) is 6.57. The zero-order valence-electron chi connectivity index (χ0n) is 11.3. The van der Waals surface area contributed by atoms with E-state index >= 15 is 0 Å². The van der Waals surface area contributed by atoms with E-state index < -0.39 is 0 Å². The monoisotopic (exact) mass is 244 g/mol. The van der Waals surface area contributed by atoms with E-state index in [1.165, 1.54) is 38.1 Å². The molecule has 1 rings (SSSR count). The van der Waals surface area contributed by atoms with Gasteiger partial charge in [0.05, 0.1) is 0 Å². The first-order chi connectivity index (χ1) is 7.65. The maximum absolute atomic E-state index is 3.75. The fourth-order valence-corrected chi connectivity index (χ4v) is 2.98. The Balaban J connectivity index is 2.16. The quantitative estimate of drug-likeness (QED) is 0.723. The van der Waals surface area contributed by atoms with E-state index in [0.29, 0.717) is 0 Å². The Labute approximate surface area is 106 Å². The molecule has 0 aromatic rings. The maximum Gasteiger partial charge on any atom is 0.0120 e. The first kappa shape index (κ1) is 14.3. The summed E-state index contributed by atoms with van der Waals surface area (Å²) in [5.74, 6) is 2.10. The van der Waals surface area contributed by atoms with E-state index in [9.17, 15) is 0 Å². The molecule has 2 nitrogen and oxygen atoms in total. The molecule has 0 aromatic heterocycles. The Bertz CT molecular complexity index is 187. The van der Waals surface area contributed by atoms with Crippen LogP contribution in [0.15, 0.2) is 0 Å². The SMILES string of the molecule is CSCCCCNC1CC(C)N(C)CC1C. The highest BCUT2D eigenvalue weighted by molar-refractivity contribution is 7.98. The minimum absolute atomic E-state index is 0.736. The van der Waals surface area contributed by atoms with Crippen molar-refractivity contribution in [2.45, 2.75) is 45.2 Å². The minimum atomic E-state index is 0.736. The van der Waals surface area contributed by atoms with Gasteiger partial charge in [-0.2, -0.15) is 11.8 Å². The Morgan fingerprint density at radius 1 is 1.31 bits per heavy atom. The summed E-state index contributed by atoms with van der Waals surface area (Å²) in [4.78, 5) is 2.48. The van der Waals surface area contributed by atoms with E-state index in [-0.39, 0.29) is 0 Å².